The standard InChI is InChI=1S/C6H11O3/c1-4(2)9-6(8)5(3)7/h4-5H,1-3H3. The first-order valence-electron chi connectivity index (χ1n) is 2.90. The van der Waals surface area contributed by atoms with Gasteiger partial charge in [0.15, 0.2) is 6.10 Å². The summed E-state index contributed by atoms with van der Waals surface area (Å²) in [6.07, 6.45) is -1.44. The van der Waals surface area contributed by atoms with Crippen LogP contribution >= 0.6 is 0 Å². The molecule has 0 aromatic heterocycles. The van der Waals surface area contributed by atoms with Gasteiger partial charge in [-0.3, -0.25) is 0 Å². The lowest BCUT2D eigenvalue weighted by Crippen LogP contribution is -2.21. The maximum absolute atomic E-state index is 10.4. The van der Waals surface area contributed by atoms with Crippen LogP contribution in [0.2, 0.25) is 0 Å². The van der Waals surface area contributed by atoms with Crippen LogP contribution in [0.3, 0.4) is 0 Å². The number of carbonyl (C=O) groups excluding carboxylic acids is 1. The fraction of sp³-hybridized carbons (Fsp3) is 0.833. The lowest BCUT2D eigenvalue weighted by molar-refractivity contribution is -0.159. The van der Waals surface area contributed by atoms with Crippen molar-refractivity contribution in [3.63, 3.8) is 0 Å². The zero-order valence-electron chi connectivity index (χ0n) is 5.88. The van der Waals surface area contributed by atoms with Gasteiger partial charge in [-0.1, -0.05) is 0 Å². The Labute approximate surface area is 54.6 Å². The number of esters is 1. The Hall–Kier alpha value is -0.570. The number of hydrogen-bond donors (Lipinski definition) is 0. The van der Waals surface area contributed by atoms with Crippen molar-refractivity contribution in [1.29, 1.82) is 0 Å². The molecule has 0 N–H and O–H groups in total. The molecule has 0 aliphatic rings. The molecule has 3 nitrogen and oxygen atoms in total. The zero-order valence-corrected chi connectivity index (χ0v) is 5.88. The predicted molar refractivity (Wildman–Crippen MR) is 31.4 cm³/mol. The summed E-state index contributed by atoms with van der Waals surface area (Å²) in [5.74, 6) is -0.676. The number of rotatable bonds is 2. The third kappa shape index (κ3) is 3.97. The van der Waals surface area contributed by atoms with Crippen molar-refractivity contribution in [2.75, 3.05) is 0 Å². The first-order valence-corrected chi connectivity index (χ1v) is 2.90. The summed E-state index contributed by atoms with van der Waals surface area (Å²) in [6, 6.07) is 0. The molecule has 0 aromatic rings. The molecule has 0 heterocycles. The molecule has 0 aliphatic heterocycles. The highest BCUT2D eigenvalue weighted by Crippen LogP contribution is 1.92. The molecule has 1 unspecified atom stereocenters. The molecule has 0 fully saturated rings. The van der Waals surface area contributed by atoms with Gasteiger partial charge in [0.2, 0.25) is 0 Å². The van der Waals surface area contributed by atoms with Gasteiger partial charge in [0.1, 0.15) is 0 Å². The van der Waals surface area contributed by atoms with Crippen molar-refractivity contribution in [2.45, 2.75) is 33.0 Å². The first-order chi connectivity index (χ1) is 4.04. The second kappa shape index (κ2) is 3.45. The number of ether oxygens (including phenoxy) is 1. The van der Waals surface area contributed by atoms with Crippen LogP contribution in [0.1, 0.15) is 20.8 Å². The molecule has 0 saturated heterocycles. The molecule has 1 radical (unpaired) electrons. The molecule has 0 amide bonds. The van der Waals surface area contributed by atoms with Crippen LogP contribution in [-0.4, -0.2) is 18.2 Å². The molecule has 0 aliphatic carbocycles. The average molecular weight is 131 g/mol. The van der Waals surface area contributed by atoms with E-state index in [1.54, 1.807) is 13.8 Å². The molecule has 9 heavy (non-hydrogen) atoms. The van der Waals surface area contributed by atoms with Crippen LogP contribution in [0, 0.1) is 0 Å². The van der Waals surface area contributed by atoms with E-state index in [4.69, 9.17) is 0 Å². The SMILES string of the molecule is CC(C)OC(=O)C(C)[O]. The van der Waals surface area contributed by atoms with Crippen molar-refractivity contribution in [2.24, 2.45) is 0 Å². The molecule has 0 rings (SSSR count). The van der Waals surface area contributed by atoms with E-state index in [1.807, 2.05) is 0 Å². The second-order valence-corrected chi connectivity index (χ2v) is 2.13. The van der Waals surface area contributed by atoms with Gasteiger partial charge in [-0.05, 0) is 20.8 Å². The molecule has 53 valence electrons. The summed E-state index contributed by atoms with van der Waals surface area (Å²) in [5.41, 5.74) is 0. The monoisotopic (exact) mass is 131 g/mol. The van der Waals surface area contributed by atoms with Gasteiger partial charge in [0, 0.05) is 0 Å². The van der Waals surface area contributed by atoms with Crippen molar-refractivity contribution in [1.82, 2.24) is 0 Å². The van der Waals surface area contributed by atoms with Gasteiger partial charge in [0.05, 0.1) is 6.10 Å². The summed E-state index contributed by atoms with van der Waals surface area (Å²) >= 11 is 0. The lowest BCUT2D eigenvalue weighted by Gasteiger charge is -2.07. The number of carbonyl (C=O) groups is 1. The van der Waals surface area contributed by atoms with Crippen LogP contribution in [0.4, 0.5) is 0 Å². The maximum Gasteiger partial charge on any atom is 0.338 e. The minimum absolute atomic E-state index is 0.186. The Morgan fingerprint density at radius 1 is 1.33 bits per heavy atom. The van der Waals surface area contributed by atoms with E-state index in [-0.39, 0.29) is 6.10 Å². The summed E-state index contributed by atoms with van der Waals surface area (Å²) in [5, 5.41) is 10.3. The third-order valence-electron chi connectivity index (χ3n) is 0.684. The fourth-order valence-corrected chi connectivity index (χ4v) is 0.328. The van der Waals surface area contributed by atoms with Gasteiger partial charge in [0.25, 0.3) is 0 Å². The topological polar surface area (TPSA) is 46.2 Å². The van der Waals surface area contributed by atoms with Gasteiger partial charge in [-0.25, -0.2) is 9.90 Å². The van der Waals surface area contributed by atoms with Crippen molar-refractivity contribution in [3.05, 3.63) is 0 Å². The van der Waals surface area contributed by atoms with Crippen molar-refractivity contribution < 1.29 is 14.6 Å². The molecular weight excluding hydrogens is 120 g/mol. The summed E-state index contributed by atoms with van der Waals surface area (Å²) in [4.78, 5) is 10.4. The van der Waals surface area contributed by atoms with Crippen molar-refractivity contribution >= 4 is 5.97 Å². The molecular formula is C6H11O3. The minimum atomic E-state index is -1.26. The van der Waals surface area contributed by atoms with E-state index in [0.29, 0.717) is 0 Å². The van der Waals surface area contributed by atoms with E-state index in [0.717, 1.165) is 0 Å². The Balaban J connectivity index is 3.51. The molecule has 0 bridgehead atoms. The van der Waals surface area contributed by atoms with Gasteiger partial charge < -0.3 is 4.74 Å². The summed E-state index contributed by atoms with van der Waals surface area (Å²) < 4.78 is 4.56. The zero-order chi connectivity index (χ0) is 7.44. The van der Waals surface area contributed by atoms with Crippen LogP contribution in [0.25, 0.3) is 0 Å². The Bertz CT molecular complexity index is 96.5. The minimum Gasteiger partial charge on any atom is -0.461 e. The average Bonchev–Trinajstić information content (AvgIpc) is 1.63. The van der Waals surface area contributed by atoms with Crippen LogP contribution in [-0.2, 0) is 14.6 Å². The smallest absolute Gasteiger partial charge is 0.338 e. The lowest BCUT2D eigenvalue weighted by atomic mass is 10.4. The highest BCUT2D eigenvalue weighted by atomic mass is 16.6. The van der Waals surface area contributed by atoms with Crippen LogP contribution < -0.4 is 0 Å². The quantitative estimate of drug-likeness (QED) is 0.519. The Morgan fingerprint density at radius 2 is 1.78 bits per heavy atom. The Kier molecular flexibility index (Phi) is 3.24. The van der Waals surface area contributed by atoms with Gasteiger partial charge in [-0.15, -0.1) is 0 Å². The first kappa shape index (κ1) is 8.43. The van der Waals surface area contributed by atoms with E-state index < -0.39 is 12.1 Å². The fourth-order valence-electron chi connectivity index (χ4n) is 0.328. The van der Waals surface area contributed by atoms with Crippen molar-refractivity contribution in [3.8, 4) is 0 Å². The molecule has 1 atom stereocenters. The van der Waals surface area contributed by atoms with E-state index in [9.17, 15) is 9.90 Å². The van der Waals surface area contributed by atoms with Gasteiger partial charge in [-0.2, -0.15) is 0 Å². The highest BCUT2D eigenvalue weighted by molar-refractivity contribution is 5.73. The van der Waals surface area contributed by atoms with E-state index in [2.05, 4.69) is 4.74 Å². The number of hydrogen-bond acceptors (Lipinski definition) is 2. The summed E-state index contributed by atoms with van der Waals surface area (Å²) in [6.45, 7) is 4.69. The molecule has 0 saturated carbocycles. The second-order valence-electron chi connectivity index (χ2n) is 2.13. The third-order valence-corrected chi connectivity index (χ3v) is 0.684. The predicted octanol–water partition coefficient (Wildman–Crippen LogP) is 0.757. The molecule has 0 aromatic carbocycles. The molecule has 3 heteroatoms. The van der Waals surface area contributed by atoms with E-state index in [1.165, 1.54) is 6.92 Å². The van der Waals surface area contributed by atoms with Crippen LogP contribution in [0.15, 0.2) is 0 Å². The maximum atomic E-state index is 10.4. The normalized spacial score (nSPS) is 13.4. The van der Waals surface area contributed by atoms with Gasteiger partial charge >= 0.3 is 5.97 Å². The Morgan fingerprint density at radius 3 is 1.89 bits per heavy atom. The highest BCUT2D eigenvalue weighted by Gasteiger charge is 2.12. The summed E-state index contributed by atoms with van der Waals surface area (Å²) in [7, 11) is 0. The largest absolute Gasteiger partial charge is 0.461 e. The van der Waals surface area contributed by atoms with E-state index >= 15 is 0 Å². The molecule has 0 spiro atoms. The van der Waals surface area contributed by atoms with Crippen LogP contribution in [0.5, 0.6) is 0 Å².